The number of carbonyl (C=O) groups excluding carboxylic acids is 2. The summed E-state index contributed by atoms with van der Waals surface area (Å²) < 4.78 is 0. The van der Waals surface area contributed by atoms with E-state index < -0.39 is 28.9 Å². The maximum Gasteiger partial charge on any atom is 0.325 e. The molecule has 0 aliphatic heterocycles. The van der Waals surface area contributed by atoms with Crippen LogP contribution >= 0.6 is 0 Å². The van der Waals surface area contributed by atoms with E-state index in [0.29, 0.717) is 6.42 Å². The zero-order chi connectivity index (χ0) is 23.9. The Morgan fingerprint density at radius 1 is 0.710 bits per heavy atom. The summed E-state index contributed by atoms with van der Waals surface area (Å²) in [5.74, 6) is -2.77. The molecule has 0 aromatic rings. The van der Waals surface area contributed by atoms with E-state index in [9.17, 15) is 19.5 Å². The SMILES string of the molecule is C=CC(=O)C(C(=O)O)(C(=O)C=C)C(CCCCCCCCCCCCC(C)C)C(C)C. The maximum absolute atomic E-state index is 12.6. The highest BCUT2D eigenvalue weighted by Gasteiger charge is 2.56. The van der Waals surface area contributed by atoms with Crippen LogP contribution in [0.25, 0.3) is 0 Å². The zero-order valence-electron chi connectivity index (χ0n) is 20.5. The second kappa shape index (κ2) is 16.0. The van der Waals surface area contributed by atoms with Gasteiger partial charge >= 0.3 is 5.97 Å². The third-order valence-corrected chi connectivity index (χ3v) is 6.39. The third-order valence-electron chi connectivity index (χ3n) is 6.39. The Morgan fingerprint density at radius 3 is 1.35 bits per heavy atom. The number of rotatable bonds is 20. The fourth-order valence-electron chi connectivity index (χ4n) is 4.56. The molecule has 0 amide bonds. The van der Waals surface area contributed by atoms with Crippen LogP contribution in [-0.4, -0.2) is 22.6 Å². The van der Waals surface area contributed by atoms with Crippen LogP contribution in [0.2, 0.25) is 0 Å². The van der Waals surface area contributed by atoms with E-state index in [-0.39, 0.29) is 5.92 Å². The molecule has 1 N–H and O–H groups in total. The minimum absolute atomic E-state index is 0.125. The lowest BCUT2D eigenvalue weighted by molar-refractivity contribution is -0.162. The molecule has 4 heteroatoms. The summed E-state index contributed by atoms with van der Waals surface area (Å²) in [7, 11) is 0. The molecule has 0 fully saturated rings. The summed E-state index contributed by atoms with van der Waals surface area (Å²) in [5.41, 5.74) is -2.10. The lowest BCUT2D eigenvalue weighted by Crippen LogP contribution is -2.52. The van der Waals surface area contributed by atoms with E-state index in [4.69, 9.17) is 0 Å². The molecule has 0 aliphatic rings. The molecule has 4 nitrogen and oxygen atoms in total. The molecule has 0 heterocycles. The van der Waals surface area contributed by atoms with Gasteiger partial charge in [0, 0.05) is 0 Å². The van der Waals surface area contributed by atoms with Gasteiger partial charge in [0.15, 0.2) is 17.0 Å². The van der Waals surface area contributed by atoms with E-state index >= 15 is 0 Å². The zero-order valence-corrected chi connectivity index (χ0v) is 20.5. The molecule has 31 heavy (non-hydrogen) atoms. The fourth-order valence-corrected chi connectivity index (χ4v) is 4.56. The molecular formula is C27H46O4. The van der Waals surface area contributed by atoms with Crippen molar-refractivity contribution in [1.29, 1.82) is 0 Å². The standard InChI is InChI=1S/C27H46O4/c1-7-24(28)27(26(30)31,25(29)8-2)23(22(5)6)20-18-16-14-12-10-9-11-13-15-17-19-21(3)4/h7-8,21-23H,1-2,9-20H2,3-6H3,(H,30,31). The van der Waals surface area contributed by atoms with Crippen LogP contribution in [0.5, 0.6) is 0 Å². The Morgan fingerprint density at radius 2 is 1.06 bits per heavy atom. The van der Waals surface area contributed by atoms with Crippen LogP contribution in [0.1, 0.15) is 105 Å². The predicted octanol–water partition coefficient (Wildman–Crippen LogP) is 7.18. The molecule has 0 saturated heterocycles. The second-order valence-corrected chi connectivity index (χ2v) is 9.61. The van der Waals surface area contributed by atoms with Gasteiger partial charge in [0.1, 0.15) is 0 Å². The monoisotopic (exact) mass is 434 g/mol. The van der Waals surface area contributed by atoms with Crippen LogP contribution in [0.3, 0.4) is 0 Å². The van der Waals surface area contributed by atoms with Crippen LogP contribution in [0.4, 0.5) is 0 Å². The largest absolute Gasteiger partial charge is 0.480 e. The average molecular weight is 435 g/mol. The number of carbonyl (C=O) groups is 3. The van der Waals surface area contributed by atoms with Gasteiger partial charge in [0.05, 0.1) is 0 Å². The lowest BCUT2D eigenvalue weighted by atomic mass is 9.63. The summed E-state index contributed by atoms with van der Waals surface area (Å²) in [6.45, 7) is 15.2. The molecule has 178 valence electrons. The van der Waals surface area contributed by atoms with Crippen molar-refractivity contribution >= 4 is 17.5 Å². The number of aliphatic carboxylic acids is 1. The van der Waals surface area contributed by atoms with E-state index in [2.05, 4.69) is 27.0 Å². The number of unbranched alkanes of at least 4 members (excludes halogenated alkanes) is 9. The van der Waals surface area contributed by atoms with Crippen molar-refractivity contribution in [3.63, 3.8) is 0 Å². The molecule has 0 rings (SSSR count). The number of hydrogen-bond donors (Lipinski definition) is 1. The summed E-state index contributed by atoms with van der Waals surface area (Å²) in [4.78, 5) is 37.3. The molecule has 0 aromatic carbocycles. The fraction of sp³-hybridized carbons (Fsp3) is 0.741. The van der Waals surface area contributed by atoms with Gasteiger partial charge in [-0.05, 0) is 36.3 Å². The molecule has 0 aromatic heterocycles. The summed E-state index contributed by atoms with van der Waals surface area (Å²) in [6, 6.07) is 0. The maximum atomic E-state index is 12.6. The first-order valence-corrected chi connectivity index (χ1v) is 12.2. The molecule has 1 unspecified atom stereocenters. The Kier molecular flexibility index (Phi) is 15.1. The third kappa shape index (κ3) is 9.53. The topological polar surface area (TPSA) is 71.4 Å². The van der Waals surface area contributed by atoms with Crippen molar-refractivity contribution in [3.05, 3.63) is 25.3 Å². The number of allylic oxidation sites excluding steroid dienone is 2. The van der Waals surface area contributed by atoms with Gasteiger partial charge in [-0.25, -0.2) is 0 Å². The highest BCUT2D eigenvalue weighted by atomic mass is 16.4. The Balaban J connectivity index is 4.52. The van der Waals surface area contributed by atoms with Crippen molar-refractivity contribution in [3.8, 4) is 0 Å². The number of carboxylic acid groups (broad SMARTS) is 1. The van der Waals surface area contributed by atoms with E-state index in [1.54, 1.807) is 0 Å². The smallest absolute Gasteiger partial charge is 0.325 e. The van der Waals surface area contributed by atoms with Crippen LogP contribution < -0.4 is 0 Å². The van der Waals surface area contributed by atoms with Gasteiger partial charge in [-0.15, -0.1) is 0 Å². The Bertz CT molecular complexity index is 554. The molecule has 0 spiro atoms. The number of carboxylic acids is 1. The molecule has 0 bridgehead atoms. The van der Waals surface area contributed by atoms with E-state index in [1.807, 2.05) is 13.8 Å². The van der Waals surface area contributed by atoms with Gasteiger partial charge in [0.2, 0.25) is 0 Å². The minimum atomic E-state index is -2.10. The quantitative estimate of drug-likeness (QED) is 0.125. The van der Waals surface area contributed by atoms with Gasteiger partial charge in [-0.1, -0.05) is 111 Å². The van der Waals surface area contributed by atoms with Crippen molar-refractivity contribution in [2.75, 3.05) is 0 Å². The van der Waals surface area contributed by atoms with E-state index in [1.165, 1.54) is 51.4 Å². The van der Waals surface area contributed by atoms with Gasteiger partial charge in [-0.3, -0.25) is 14.4 Å². The van der Waals surface area contributed by atoms with E-state index in [0.717, 1.165) is 37.3 Å². The first-order chi connectivity index (χ1) is 14.7. The molecule has 0 saturated carbocycles. The number of hydrogen-bond acceptors (Lipinski definition) is 3. The number of ketones is 2. The Labute approximate surface area is 190 Å². The summed E-state index contributed by atoms with van der Waals surface area (Å²) in [5, 5.41) is 9.91. The predicted molar refractivity (Wildman–Crippen MR) is 129 cm³/mol. The summed E-state index contributed by atoms with van der Waals surface area (Å²) in [6.07, 6.45) is 15.7. The van der Waals surface area contributed by atoms with Crippen LogP contribution in [0, 0.1) is 23.2 Å². The Hall–Kier alpha value is -1.71. The van der Waals surface area contributed by atoms with Crippen molar-refractivity contribution in [2.24, 2.45) is 23.2 Å². The molecule has 0 aliphatic carbocycles. The summed E-state index contributed by atoms with van der Waals surface area (Å²) >= 11 is 0. The van der Waals surface area contributed by atoms with Gasteiger partial charge < -0.3 is 5.11 Å². The normalized spacial score (nSPS) is 12.7. The average Bonchev–Trinajstić information content (AvgIpc) is 2.72. The van der Waals surface area contributed by atoms with Crippen molar-refractivity contribution in [2.45, 2.75) is 105 Å². The minimum Gasteiger partial charge on any atom is -0.480 e. The highest BCUT2D eigenvalue weighted by Crippen LogP contribution is 2.40. The van der Waals surface area contributed by atoms with Crippen LogP contribution in [-0.2, 0) is 14.4 Å². The molecule has 0 radical (unpaired) electrons. The van der Waals surface area contributed by atoms with Crippen molar-refractivity contribution in [1.82, 2.24) is 0 Å². The molecule has 1 atom stereocenters. The van der Waals surface area contributed by atoms with Gasteiger partial charge in [0.25, 0.3) is 0 Å². The first-order valence-electron chi connectivity index (χ1n) is 12.2. The first kappa shape index (κ1) is 29.3. The van der Waals surface area contributed by atoms with Gasteiger partial charge in [-0.2, -0.15) is 0 Å². The second-order valence-electron chi connectivity index (χ2n) is 9.61. The highest BCUT2D eigenvalue weighted by molar-refractivity contribution is 6.27. The lowest BCUT2D eigenvalue weighted by Gasteiger charge is -2.35. The van der Waals surface area contributed by atoms with Crippen LogP contribution in [0.15, 0.2) is 25.3 Å². The van der Waals surface area contributed by atoms with Crippen molar-refractivity contribution < 1.29 is 19.5 Å². The molecular weight excluding hydrogens is 388 g/mol.